The van der Waals surface area contributed by atoms with E-state index in [4.69, 9.17) is 4.74 Å². The number of aryl methyl sites for hydroxylation is 1. The summed E-state index contributed by atoms with van der Waals surface area (Å²) in [6, 6.07) is 9.27. The van der Waals surface area contributed by atoms with Crippen LogP contribution in [0.1, 0.15) is 5.69 Å². The number of anilines is 1. The van der Waals surface area contributed by atoms with Crippen molar-refractivity contribution in [1.82, 2.24) is 15.2 Å². The van der Waals surface area contributed by atoms with Crippen LogP contribution >= 0.6 is 0 Å². The summed E-state index contributed by atoms with van der Waals surface area (Å²) in [7, 11) is 0. The number of morpholine rings is 1. The highest BCUT2D eigenvalue weighted by Gasteiger charge is 2.16. The molecule has 1 aliphatic heterocycles. The van der Waals surface area contributed by atoms with Crippen molar-refractivity contribution >= 4 is 28.4 Å². The van der Waals surface area contributed by atoms with E-state index in [9.17, 15) is 9.59 Å². The van der Waals surface area contributed by atoms with Gasteiger partial charge < -0.3 is 15.4 Å². The zero-order chi connectivity index (χ0) is 17.6. The van der Waals surface area contributed by atoms with Gasteiger partial charge in [-0.05, 0) is 19.1 Å². The van der Waals surface area contributed by atoms with Crippen molar-refractivity contribution in [2.75, 3.05) is 44.7 Å². The van der Waals surface area contributed by atoms with E-state index in [0.29, 0.717) is 32.0 Å². The van der Waals surface area contributed by atoms with Crippen LogP contribution in [0.5, 0.6) is 0 Å². The van der Waals surface area contributed by atoms with Crippen LogP contribution in [0.2, 0.25) is 0 Å². The molecule has 0 unspecified atom stereocenters. The SMILES string of the molecule is Cc1cc(NC(=O)C(=O)NCCN2CCOCC2)c2ccccc2n1. The molecule has 25 heavy (non-hydrogen) atoms. The molecule has 0 atom stereocenters. The standard InChI is InChI=1S/C18H22N4O3/c1-13-12-16(14-4-2-3-5-15(14)20-13)21-18(24)17(23)19-6-7-22-8-10-25-11-9-22/h2-5,12H,6-11H2,1H3,(H,19,23)(H,20,21,24). The molecule has 2 amide bonds. The van der Waals surface area contributed by atoms with Crippen LogP contribution < -0.4 is 10.6 Å². The number of para-hydroxylation sites is 1. The highest BCUT2D eigenvalue weighted by molar-refractivity contribution is 6.40. The molecule has 2 N–H and O–H groups in total. The maximum atomic E-state index is 12.2. The predicted octanol–water partition coefficient (Wildman–Crippen LogP) is 0.930. The Hall–Kier alpha value is -2.51. The number of hydrogen-bond acceptors (Lipinski definition) is 5. The van der Waals surface area contributed by atoms with Gasteiger partial charge in [0, 0.05) is 37.3 Å². The molecule has 1 aromatic carbocycles. The van der Waals surface area contributed by atoms with Gasteiger partial charge in [-0.1, -0.05) is 18.2 Å². The Morgan fingerprint density at radius 2 is 1.96 bits per heavy atom. The van der Waals surface area contributed by atoms with Gasteiger partial charge in [-0.15, -0.1) is 0 Å². The number of fused-ring (bicyclic) bond motifs is 1. The first-order valence-electron chi connectivity index (χ1n) is 8.39. The third-order valence-corrected chi connectivity index (χ3v) is 4.12. The first-order chi connectivity index (χ1) is 12.1. The Morgan fingerprint density at radius 3 is 2.76 bits per heavy atom. The molecular formula is C18H22N4O3. The Morgan fingerprint density at radius 1 is 1.20 bits per heavy atom. The molecule has 0 saturated carbocycles. The smallest absolute Gasteiger partial charge is 0.313 e. The second-order valence-electron chi connectivity index (χ2n) is 5.99. The molecule has 7 nitrogen and oxygen atoms in total. The van der Waals surface area contributed by atoms with Crippen LogP contribution in [-0.4, -0.2) is 61.1 Å². The quantitative estimate of drug-likeness (QED) is 0.808. The van der Waals surface area contributed by atoms with Crippen LogP contribution in [0, 0.1) is 6.92 Å². The van der Waals surface area contributed by atoms with Crippen LogP contribution in [0.15, 0.2) is 30.3 Å². The van der Waals surface area contributed by atoms with Gasteiger partial charge in [0.25, 0.3) is 0 Å². The van der Waals surface area contributed by atoms with Gasteiger partial charge in [0.15, 0.2) is 0 Å². The van der Waals surface area contributed by atoms with Gasteiger partial charge >= 0.3 is 11.8 Å². The Kier molecular flexibility index (Phi) is 5.57. The number of pyridine rings is 1. The molecule has 0 spiro atoms. The lowest BCUT2D eigenvalue weighted by molar-refractivity contribution is -0.136. The van der Waals surface area contributed by atoms with Crippen LogP contribution in [0.25, 0.3) is 10.9 Å². The zero-order valence-corrected chi connectivity index (χ0v) is 14.2. The van der Waals surface area contributed by atoms with E-state index < -0.39 is 11.8 Å². The molecule has 2 aromatic rings. The molecular weight excluding hydrogens is 320 g/mol. The summed E-state index contributed by atoms with van der Waals surface area (Å²) >= 11 is 0. The van der Waals surface area contributed by atoms with Crippen LogP contribution in [0.3, 0.4) is 0 Å². The van der Waals surface area contributed by atoms with E-state index in [0.717, 1.165) is 29.7 Å². The van der Waals surface area contributed by atoms with E-state index in [-0.39, 0.29) is 0 Å². The van der Waals surface area contributed by atoms with Gasteiger partial charge in [-0.3, -0.25) is 19.5 Å². The average molecular weight is 342 g/mol. The van der Waals surface area contributed by atoms with E-state index in [1.807, 2.05) is 31.2 Å². The van der Waals surface area contributed by atoms with Crippen molar-refractivity contribution in [3.8, 4) is 0 Å². The van der Waals surface area contributed by atoms with Crippen LogP contribution in [-0.2, 0) is 14.3 Å². The minimum atomic E-state index is -0.669. The second-order valence-corrected chi connectivity index (χ2v) is 5.99. The molecule has 0 aliphatic carbocycles. The molecule has 0 bridgehead atoms. The van der Waals surface area contributed by atoms with Crippen molar-refractivity contribution in [3.05, 3.63) is 36.0 Å². The number of hydrogen-bond donors (Lipinski definition) is 2. The molecule has 132 valence electrons. The number of carbonyl (C=O) groups is 2. The lowest BCUT2D eigenvalue weighted by atomic mass is 10.1. The van der Waals surface area contributed by atoms with Gasteiger partial charge in [0.05, 0.1) is 24.4 Å². The summed E-state index contributed by atoms with van der Waals surface area (Å²) in [4.78, 5) is 30.8. The highest BCUT2D eigenvalue weighted by atomic mass is 16.5. The summed E-state index contributed by atoms with van der Waals surface area (Å²) < 4.78 is 5.28. The van der Waals surface area contributed by atoms with Gasteiger partial charge in [-0.2, -0.15) is 0 Å². The fourth-order valence-corrected chi connectivity index (χ4v) is 2.82. The number of carbonyl (C=O) groups excluding carboxylic acids is 2. The first kappa shape index (κ1) is 17.3. The third-order valence-electron chi connectivity index (χ3n) is 4.12. The number of benzene rings is 1. The van der Waals surface area contributed by atoms with Gasteiger partial charge in [-0.25, -0.2) is 0 Å². The molecule has 1 saturated heterocycles. The highest BCUT2D eigenvalue weighted by Crippen LogP contribution is 2.22. The molecule has 1 aromatic heterocycles. The van der Waals surface area contributed by atoms with Crippen molar-refractivity contribution in [1.29, 1.82) is 0 Å². The number of nitrogens with zero attached hydrogens (tertiary/aromatic N) is 2. The van der Waals surface area contributed by atoms with E-state index >= 15 is 0 Å². The summed E-state index contributed by atoms with van der Waals surface area (Å²) in [6.45, 7) is 6.12. The number of ether oxygens (including phenoxy) is 1. The summed E-state index contributed by atoms with van der Waals surface area (Å²) in [5, 5.41) is 6.16. The second kappa shape index (κ2) is 8.04. The maximum absolute atomic E-state index is 12.2. The number of aromatic nitrogens is 1. The number of amides is 2. The van der Waals surface area contributed by atoms with Crippen molar-refractivity contribution in [3.63, 3.8) is 0 Å². The molecule has 3 rings (SSSR count). The Bertz CT molecular complexity index is 772. The van der Waals surface area contributed by atoms with E-state index in [1.54, 1.807) is 6.07 Å². The molecule has 0 radical (unpaired) electrons. The normalized spacial score (nSPS) is 15.1. The van der Waals surface area contributed by atoms with Crippen molar-refractivity contribution in [2.45, 2.75) is 6.92 Å². The van der Waals surface area contributed by atoms with Crippen molar-refractivity contribution in [2.24, 2.45) is 0 Å². The fraction of sp³-hybridized carbons (Fsp3) is 0.389. The predicted molar refractivity (Wildman–Crippen MR) is 95.4 cm³/mol. The molecule has 2 heterocycles. The minimum Gasteiger partial charge on any atom is -0.379 e. The summed E-state index contributed by atoms with van der Waals surface area (Å²) in [6.07, 6.45) is 0. The lowest BCUT2D eigenvalue weighted by Crippen LogP contribution is -2.43. The zero-order valence-electron chi connectivity index (χ0n) is 14.2. The number of rotatable bonds is 4. The van der Waals surface area contributed by atoms with E-state index in [2.05, 4.69) is 20.5 Å². The monoisotopic (exact) mass is 342 g/mol. The maximum Gasteiger partial charge on any atom is 0.313 e. The van der Waals surface area contributed by atoms with Gasteiger partial charge in [0.1, 0.15) is 0 Å². The summed E-state index contributed by atoms with van der Waals surface area (Å²) in [5.41, 5.74) is 2.16. The fourth-order valence-electron chi connectivity index (χ4n) is 2.82. The largest absolute Gasteiger partial charge is 0.379 e. The van der Waals surface area contributed by atoms with Gasteiger partial charge in [0.2, 0.25) is 0 Å². The topological polar surface area (TPSA) is 83.6 Å². The first-order valence-corrected chi connectivity index (χ1v) is 8.39. The molecule has 1 fully saturated rings. The third kappa shape index (κ3) is 4.52. The number of nitrogens with one attached hydrogen (secondary N) is 2. The van der Waals surface area contributed by atoms with E-state index in [1.165, 1.54) is 0 Å². The molecule has 1 aliphatic rings. The van der Waals surface area contributed by atoms with Crippen LogP contribution in [0.4, 0.5) is 5.69 Å². The minimum absolute atomic E-state index is 0.433. The summed E-state index contributed by atoms with van der Waals surface area (Å²) in [5.74, 6) is -1.30. The van der Waals surface area contributed by atoms with Crippen molar-refractivity contribution < 1.29 is 14.3 Å². The average Bonchev–Trinajstić information content (AvgIpc) is 2.62. The Labute approximate surface area is 146 Å². The lowest BCUT2D eigenvalue weighted by Gasteiger charge is -2.26. The molecule has 7 heteroatoms. The Balaban J connectivity index is 1.57.